The maximum Gasteiger partial charge on any atom is 0.261 e. The van der Waals surface area contributed by atoms with Gasteiger partial charge in [-0.15, -0.1) is 6.58 Å². The van der Waals surface area contributed by atoms with E-state index in [2.05, 4.69) is 23.5 Å². The van der Waals surface area contributed by atoms with Crippen molar-refractivity contribution in [3.63, 3.8) is 0 Å². The van der Waals surface area contributed by atoms with E-state index in [1.165, 1.54) is 4.57 Å². The number of aromatic nitrogens is 2. The van der Waals surface area contributed by atoms with Crippen molar-refractivity contribution in [2.75, 3.05) is 6.61 Å². The minimum absolute atomic E-state index is 0.139. The van der Waals surface area contributed by atoms with Crippen molar-refractivity contribution in [1.82, 2.24) is 14.9 Å². The molecule has 0 aromatic carbocycles. The number of rotatable bonds is 7. The fourth-order valence-corrected chi connectivity index (χ4v) is 2.68. The molecule has 0 bridgehead atoms. The molecule has 0 fully saturated rings. The van der Waals surface area contributed by atoms with Crippen LogP contribution in [-0.2, 0) is 17.8 Å². The lowest BCUT2D eigenvalue weighted by Crippen LogP contribution is -2.46. The number of fused-ring (bicyclic) bond motifs is 1. The molecule has 0 saturated carbocycles. The van der Waals surface area contributed by atoms with Crippen molar-refractivity contribution in [3.05, 3.63) is 47.1 Å². The van der Waals surface area contributed by atoms with E-state index in [-0.39, 0.29) is 30.5 Å². The predicted molar refractivity (Wildman–Crippen MR) is 88.4 cm³/mol. The molecule has 1 aliphatic heterocycles. The molecule has 0 aliphatic carbocycles. The number of allylic oxidation sites excluding steroid dienone is 1. The van der Waals surface area contributed by atoms with Crippen LogP contribution in [0.3, 0.4) is 0 Å². The molecule has 1 N–H and O–H groups in total. The molecule has 6 nitrogen and oxygen atoms in total. The second kappa shape index (κ2) is 7.26. The summed E-state index contributed by atoms with van der Waals surface area (Å²) in [4.78, 5) is 29.6. The summed E-state index contributed by atoms with van der Waals surface area (Å²) in [5.74, 6) is 0.954. The molecule has 0 saturated heterocycles. The van der Waals surface area contributed by atoms with Crippen LogP contribution in [0.1, 0.15) is 37.7 Å². The number of ether oxygens (including phenoxy) is 1. The number of nitrogens with zero attached hydrogens (tertiary/aromatic N) is 2. The number of amides is 1. The quantitative estimate of drug-likeness (QED) is 0.778. The molecule has 23 heavy (non-hydrogen) atoms. The van der Waals surface area contributed by atoms with Crippen molar-refractivity contribution < 1.29 is 9.53 Å². The van der Waals surface area contributed by atoms with Crippen molar-refractivity contribution in [3.8, 4) is 5.88 Å². The summed E-state index contributed by atoms with van der Waals surface area (Å²) >= 11 is 0. The van der Waals surface area contributed by atoms with E-state index in [1.54, 1.807) is 12.2 Å². The molecule has 2 rings (SSSR count). The Balaban J connectivity index is 2.58. The van der Waals surface area contributed by atoms with E-state index in [0.29, 0.717) is 30.1 Å². The third-order valence-corrected chi connectivity index (χ3v) is 3.66. The average Bonchev–Trinajstić information content (AvgIpc) is 2.50. The lowest BCUT2D eigenvalue weighted by Gasteiger charge is -2.29. The van der Waals surface area contributed by atoms with E-state index >= 15 is 0 Å². The smallest absolute Gasteiger partial charge is 0.261 e. The first-order valence-electron chi connectivity index (χ1n) is 7.76. The van der Waals surface area contributed by atoms with E-state index in [0.717, 1.165) is 0 Å². The molecule has 0 unspecified atom stereocenters. The van der Waals surface area contributed by atoms with Gasteiger partial charge in [0, 0.05) is 6.42 Å². The van der Waals surface area contributed by atoms with Gasteiger partial charge in [-0.1, -0.05) is 32.6 Å². The van der Waals surface area contributed by atoms with Crippen LogP contribution < -0.4 is 15.6 Å². The number of hydrogen-bond donors (Lipinski definition) is 1. The van der Waals surface area contributed by atoms with Gasteiger partial charge in [-0.05, 0) is 12.3 Å². The zero-order valence-corrected chi connectivity index (χ0v) is 13.7. The van der Waals surface area contributed by atoms with Gasteiger partial charge in [0.25, 0.3) is 5.56 Å². The van der Waals surface area contributed by atoms with Crippen LogP contribution in [0, 0.1) is 5.92 Å². The monoisotopic (exact) mass is 317 g/mol. The zero-order chi connectivity index (χ0) is 17.0. The summed E-state index contributed by atoms with van der Waals surface area (Å²) in [5, 5.41) is 2.80. The van der Waals surface area contributed by atoms with Crippen molar-refractivity contribution in [2.45, 2.75) is 39.3 Å². The Bertz CT molecular complexity index is 676. The highest BCUT2D eigenvalue weighted by molar-refractivity contribution is 5.81. The average molecular weight is 317 g/mol. The van der Waals surface area contributed by atoms with Crippen LogP contribution in [0.4, 0.5) is 0 Å². The molecule has 124 valence electrons. The maximum absolute atomic E-state index is 12.9. The molecule has 1 atom stereocenters. The Hall–Kier alpha value is -2.37. The second-order valence-electron chi connectivity index (χ2n) is 5.94. The molecule has 2 heterocycles. The van der Waals surface area contributed by atoms with Crippen molar-refractivity contribution in [1.29, 1.82) is 0 Å². The van der Waals surface area contributed by atoms with E-state index in [9.17, 15) is 9.59 Å². The molecule has 1 amide bonds. The van der Waals surface area contributed by atoms with Crippen LogP contribution in [0.2, 0.25) is 0 Å². The third kappa shape index (κ3) is 3.52. The van der Waals surface area contributed by atoms with Crippen LogP contribution in [0.25, 0.3) is 0 Å². The fraction of sp³-hybridized carbons (Fsp3) is 0.471. The van der Waals surface area contributed by atoms with Crippen LogP contribution >= 0.6 is 0 Å². The highest BCUT2D eigenvalue weighted by Crippen LogP contribution is 2.24. The third-order valence-electron chi connectivity index (χ3n) is 3.66. The lowest BCUT2D eigenvalue weighted by atomic mass is 10.0. The molecule has 1 aromatic heterocycles. The summed E-state index contributed by atoms with van der Waals surface area (Å²) in [6.45, 7) is 11.8. The minimum atomic E-state index is -0.532. The molecular formula is C17H23N3O3. The first-order valence-corrected chi connectivity index (χ1v) is 7.76. The van der Waals surface area contributed by atoms with Gasteiger partial charge in [0.05, 0.1) is 12.1 Å². The van der Waals surface area contributed by atoms with Crippen molar-refractivity contribution >= 4 is 5.91 Å². The Morgan fingerprint density at radius 3 is 2.74 bits per heavy atom. The highest BCUT2D eigenvalue weighted by atomic mass is 16.5. The van der Waals surface area contributed by atoms with Gasteiger partial charge in [0.1, 0.15) is 18.5 Å². The van der Waals surface area contributed by atoms with Crippen molar-refractivity contribution in [2.24, 2.45) is 5.92 Å². The van der Waals surface area contributed by atoms with Gasteiger partial charge in [-0.25, -0.2) is 0 Å². The summed E-state index contributed by atoms with van der Waals surface area (Å²) in [6.07, 6.45) is 4.15. The lowest BCUT2D eigenvalue weighted by molar-refractivity contribution is -0.126. The van der Waals surface area contributed by atoms with Crippen LogP contribution in [-0.4, -0.2) is 22.1 Å². The zero-order valence-electron chi connectivity index (χ0n) is 13.7. The summed E-state index contributed by atoms with van der Waals surface area (Å²) in [7, 11) is 0. The Kier molecular flexibility index (Phi) is 5.36. The van der Waals surface area contributed by atoms with E-state index in [1.807, 2.05) is 13.8 Å². The molecule has 6 heteroatoms. The summed E-state index contributed by atoms with van der Waals surface area (Å²) in [6, 6.07) is -0.532. The van der Waals surface area contributed by atoms with E-state index in [4.69, 9.17) is 4.74 Å². The van der Waals surface area contributed by atoms with Gasteiger partial charge in [-0.3, -0.25) is 14.2 Å². The molecule has 1 aromatic rings. The first kappa shape index (κ1) is 17.0. The maximum atomic E-state index is 12.9. The Labute approximate surface area is 135 Å². The number of carbonyl (C=O) groups excluding carboxylic acids is 1. The van der Waals surface area contributed by atoms with Gasteiger partial charge in [0.15, 0.2) is 0 Å². The standard InChI is InChI=1S/C17H23N3O3/c1-5-7-12-16(23-8-6-2)19-14-10-18-15(21)13(9-11(3)4)20(14)17(12)22/h5-6,11,13H,1-2,7-10H2,3-4H3,(H,18,21)/t13-/m1/s1. The van der Waals surface area contributed by atoms with Crippen LogP contribution in [0.15, 0.2) is 30.1 Å². The number of nitrogens with one attached hydrogen (secondary N) is 1. The van der Waals surface area contributed by atoms with Gasteiger partial charge >= 0.3 is 0 Å². The summed E-state index contributed by atoms with van der Waals surface area (Å²) in [5.41, 5.74) is 0.198. The second-order valence-corrected chi connectivity index (χ2v) is 5.94. The molecule has 1 aliphatic rings. The van der Waals surface area contributed by atoms with E-state index < -0.39 is 6.04 Å². The SMILES string of the molecule is C=CCOc1nc2n(c(=O)c1CC=C)[C@H](CC(C)C)C(=O)NC2. The van der Waals surface area contributed by atoms with Gasteiger partial charge in [0.2, 0.25) is 11.8 Å². The Morgan fingerprint density at radius 1 is 1.39 bits per heavy atom. The van der Waals surface area contributed by atoms with Gasteiger partial charge in [-0.2, -0.15) is 4.98 Å². The highest BCUT2D eigenvalue weighted by Gasteiger charge is 2.31. The van der Waals surface area contributed by atoms with Gasteiger partial charge < -0.3 is 10.1 Å². The minimum Gasteiger partial charge on any atom is -0.473 e. The summed E-state index contributed by atoms with van der Waals surface area (Å²) < 4.78 is 7.04. The Morgan fingerprint density at radius 2 is 2.13 bits per heavy atom. The number of hydrogen-bond acceptors (Lipinski definition) is 4. The fourth-order valence-electron chi connectivity index (χ4n) is 2.68. The topological polar surface area (TPSA) is 73.2 Å². The normalized spacial score (nSPS) is 16.7. The number of carbonyl (C=O) groups is 1. The predicted octanol–water partition coefficient (Wildman–Crippen LogP) is 1.75. The largest absolute Gasteiger partial charge is 0.473 e. The molecule has 0 radical (unpaired) electrons. The molecular weight excluding hydrogens is 294 g/mol. The molecule has 0 spiro atoms. The first-order chi connectivity index (χ1) is 11.0. The van der Waals surface area contributed by atoms with Crippen LogP contribution in [0.5, 0.6) is 5.88 Å².